The molecule has 1 N–H and O–H groups in total. The number of rotatable bonds is 3. The Hall–Kier alpha value is -2.14. The number of nitrogens with one attached hydrogen (secondary N) is 1. The van der Waals surface area contributed by atoms with Gasteiger partial charge in [0.15, 0.2) is 0 Å². The smallest absolute Gasteiger partial charge is 0.332 e. The summed E-state index contributed by atoms with van der Waals surface area (Å²) < 4.78 is 0. The Morgan fingerprint density at radius 2 is 2.22 bits per heavy atom. The van der Waals surface area contributed by atoms with E-state index < -0.39 is 16.0 Å². The number of nitrogens with zero attached hydrogens (tertiary/aromatic N) is 1. The van der Waals surface area contributed by atoms with Crippen LogP contribution < -0.4 is 5.43 Å². The highest BCUT2D eigenvalue weighted by molar-refractivity contribution is 6.19. The molecule has 1 aromatic heterocycles. The maximum atomic E-state index is 11.9. The van der Waals surface area contributed by atoms with Crippen LogP contribution in [0.5, 0.6) is 0 Å². The van der Waals surface area contributed by atoms with Gasteiger partial charge in [0.1, 0.15) is 0 Å². The minimum Gasteiger partial charge on any atom is -0.355 e. The lowest BCUT2D eigenvalue weighted by Gasteiger charge is -1.99. The molecule has 2 aromatic rings. The minimum atomic E-state index is -0.695. The van der Waals surface area contributed by atoms with Crippen molar-refractivity contribution in [1.82, 2.24) is 4.98 Å². The van der Waals surface area contributed by atoms with Gasteiger partial charge in [-0.1, -0.05) is 18.2 Å². The fraction of sp³-hybridized carbons (Fsp3) is 0.0833. The molecule has 0 saturated heterocycles. The van der Waals surface area contributed by atoms with Crippen LogP contribution in [0.4, 0.5) is 5.69 Å². The van der Waals surface area contributed by atoms with Crippen LogP contribution in [-0.4, -0.2) is 15.8 Å². The van der Waals surface area contributed by atoms with E-state index >= 15 is 0 Å². The first-order valence-electron chi connectivity index (χ1n) is 5.16. The topological polar surface area (TPSA) is 76.0 Å². The van der Waals surface area contributed by atoms with Crippen LogP contribution in [0, 0.1) is 10.1 Å². The number of nitro groups is 1. The number of benzene rings is 1. The molecule has 92 valence electrons. The third-order valence-corrected chi connectivity index (χ3v) is 2.66. The quantitative estimate of drug-likeness (QED) is 0.526. The van der Waals surface area contributed by atoms with Crippen molar-refractivity contribution in [2.75, 3.05) is 5.88 Å². The second-order valence-corrected chi connectivity index (χ2v) is 3.93. The first-order chi connectivity index (χ1) is 8.63. The Kier molecular flexibility index (Phi) is 3.43. The van der Waals surface area contributed by atoms with Gasteiger partial charge in [0.2, 0.25) is 0 Å². The highest BCUT2D eigenvalue weighted by Gasteiger charge is 2.14. The van der Waals surface area contributed by atoms with Crippen molar-refractivity contribution >= 4 is 34.3 Å². The van der Waals surface area contributed by atoms with Gasteiger partial charge in [0, 0.05) is 11.4 Å². The number of pyridine rings is 1. The lowest BCUT2D eigenvalue weighted by atomic mass is 10.1. The molecule has 1 aromatic carbocycles. The van der Waals surface area contributed by atoms with Crippen LogP contribution >= 0.6 is 11.6 Å². The average molecular weight is 265 g/mol. The lowest BCUT2D eigenvalue weighted by Crippen LogP contribution is -2.09. The standard InChI is InChI=1S/C12H9ClN2O3/c13-5-1-2-8-3-4-10-9(6-8)12(16)11(7-14-10)15(17)18/h1-4,6-7H,5H2,(H,14,16). The van der Waals surface area contributed by atoms with Gasteiger partial charge in [-0.25, -0.2) is 0 Å². The molecule has 5 nitrogen and oxygen atoms in total. The number of allylic oxidation sites excluding steroid dienone is 1. The zero-order chi connectivity index (χ0) is 13.1. The molecule has 0 radical (unpaired) electrons. The third-order valence-electron chi connectivity index (χ3n) is 2.48. The van der Waals surface area contributed by atoms with E-state index in [9.17, 15) is 14.9 Å². The predicted octanol–water partition coefficient (Wildman–Crippen LogP) is 2.69. The molecule has 0 saturated carbocycles. The average Bonchev–Trinajstić information content (AvgIpc) is 2.36. The molecule has 0 aliphatic heterocycles. The number of hydrogen-bond acceptors (Lipinski definition) is 3. The minimum absolute atomic E-state index is 0.293. The van der Waals surface area contributed by atoms with E-state index in [0.29, 0.717) is 16.8 Å². The van der Waals surface area contributed by atoms with Crippen molar-refractivity contribution in [3.8, 4) is 0 Å². The van der Waals surface area contributed by atoms with Crippen LogP contribution in [0.15, 0.2) is 35.3 Å². The number of H-pyrrole nitrogens is 1. The number of aromatic amines is 1. The summed E-state index contributed by atoms with van der Waals surface area (Å²) in [5.41, 5.74) is 0.290. The predicted molar refractivity (Wildman–Crippen MR) is 71.0 cm³/mol. The van der Waals surface area contributed by atoms with E-state index in [1.54, 1.807) is 30.4 Å². The zero-order valence-electron chi connectivity index (χ0n) is 9.22. The Morgan fingerprint density at radius 3 is 2.89 bits per heavy atom. The summed E-state index contributed by atoms with van der Waals surface area (Å²) in [5, 5.41) is 11.0. The van der Waals surface area contributed by atoms with E-state index in [4.69, 9.17) is 11.6 Å². The van der Waals surface area contributed by atoms with Gasteiger partial charge < -0.3 is 4.98 Å². The van der Waals surface area contributed by atoms with Crippen molar-refractivity contribution in [2.45, 2.75) is 0 Å². The summed E-state index contributed by atoms with van der Waals surface area (Å²) in [4.78, 5) is 24.6. The summed E-state index contributed by atoms with van der Waals surface area (Å²) in [6.07, 6.45) is 4.60. The molecule has 6 heteroatoms. The van der Waals surface area contributed by atoms with Crippen LogP contribution in [0.1, 0.15) is 5.56 Å². The van der Waals surface area contributed by atoms with Gasteiger partial charge in [-0.3, -0.25) is 14.9 Å². The molecule has 0 fully saturated rings. The first kappa shape index (κ1) is 12.3. The van der Waals surface area contributed by atoms with E-state index in [-0.39, 0.29) is 0 Å². The summed E-state index contributed by atoms with van der Waals surface area (Å²) >= 11 is 5.52. The van der Waals surface area contributed by atoms with Crippen molar-refractivity contribution in [3.05, 3.63) is 56.4 Å². The van der Waals surface area contributed by atoms with Crippen molar-refractivity contribution < 1.29 is 4.92 Å². The molecule has 0 unspecified atom stereocenters. The first-order valence-corrected chi connectivity index (χ1v) is 5.69. The Bertz CT molecular complexity index is 691. The third kappa shape index (κ3) is 2.26. The van der Waals surface area contributed by atoms with E-state index in [0.717, 1.165) is 11.8 Å². The normalized spacial score (nSPS) is 11.2. The highest BCUT2D eigenvalue weighted by atomic mass is 35.5. The second kappa shape index (κ2) is 5.01. The van der Waals surface area contributed by atoms with Gasteiger partial charge >= 0.3 is 5.69 Å². The summed E-state index contributed by atoms with van der Waals surface area (Å²) in [6.45, 7) is 0. The van der Waals surface area contributed by atoms with Crippen molar-refractivity contribution in [2.24, 2.45) is 0 Å². The van der Waals surface area contributed by atoms with E-state index in [1.165, 1.54) is 0 Å². The maximum absolute atomic E-state index is 11.9. The second-order valence-electron chi connectivity index (χ2n) is 3.62. The molecule has 0 spiro atoms. The lowest BCUT2D eigenvalue weighted by molar-refractivity contribution is -0.386. The van der Waals surface area contributed by atoms with E-state index in [1.807, 2.05) is 0 Å². The largest absolute Gasteiger partial charge is 0.355 e. The number of halogens is 1. The van der Waals surface area contributed by atoms with Gasteiger partial charge in [-0.15, -0.1) is 11.6 Å². The molecule has 18 heavy (non-hydrogen) atoms. The Balaban J connectivity index is 2.67. The van der Waals surface area contributed by atoms with Crippen LogP contribution in [0.3, 0.4) is 0 Å². The summed E-state index contributed by atoms with van der Waals surface area (Å²) in [7, 11) is 0. The fourth-order valence-electron chi connectivity index (χ4n) is 1.65. The molecule has 0 bridgehead atoms. The molecule has 0 aliphatic rings. The summed E-state index contributed by atoms with van der Waals surface area (Å²) in [6, 6.07) is 5.10. The van der Waals surface area contributed by atoms with Gasteiger partial charge in [0.05, 0.1) is 16.5 Å². The molecule has 0 amide bonds. The van der Waals surface area contributed by atoms with Crippen LogP contribution in [0.2, 0.25) is 0 Å². The highest BCUT2D eigenvalue weighted by Crippen LogP contribution is 2.15. The van der Waals surface area contributed by atoms with Crippen LogP contribution in [-0.2, 0) is 0 Å². The fourth-order valence-corrected chi connectivity index (χ4v) is 1.73. The number of hydrogen-bond donors (Lipinski definition) is 1. The molecular formula is C12H9ClN2O3. The Morgan fingerprint density at radius 1 is 1.44 bits per heavy atom. The number of alkyl halides is 1. The van der Waals surface area contributed by atoms with E-state index in [2.05, 4.69) is 4.98 Å². The number of fused-ring (bicyclic) bond motifs is 1. The SMILES string of the molecule is O=c1c([N+](=O)[O-])c[nH]c2ccc(C=CCCl)cc12. The van der Waals surface area contributed by atoms with Gasteiger partial charge in [-0.2, -0.15) is 0 Å². The Labute approximate surface area is 107 Å². The molecule has 0 aliphatic carbocycles. The molecule has 0 atom stereocenters. The molecular weight excluding hydrogens is 256 g/mol. The molecule has 1 heterocycles. The van der Waals surface area contributed by atoms with Crippen molar-refractivity contribution in [1.29, 1.82) is 0 Å². The zero-order valence-corrected chi connectivity index (χ0v) is 9.98. The van der Waals surface area contributed by atoms with Gasteiger partial charge in [0.25, 0.3) is 5.43 Å². The van der Waals surface area contributed by atoms with Crippen LogP contribution in [0.25, 0.3) is 17.0 Å². The van der Waals surface area contributed by atoms with Crippen molar-refractivity contribution in [3.63, 3.8) is 0 Å². The number of aromatic nitrogens is 1. The molecule has 2 rings (SSSR count). The summed E-state index contributed by atoms with van der Waals surface area (Å²) in [5.74, 6) is 0.364. The maximum Gasteiger partial charge on any atom is 0.332 e. The van der Waals surface area contributed by atoms with Gasteiger partial charge in [-0.05, 0) is 17.7 Å². The monoisotopic (exact) mass is 264 g/mol.